The molecule has 0 saturated heterocycles. The largest absolute Gasteiger partial charge is 0.277 e. The lowest BCUT2D eigenvalue weighted by Crippen LogP contribution is -2.50. The number of imide groups is 1. The number of carbonyl (C=O) groups is 2. The van der Waals surface area contributed by atoms with Crippen molar-refractivity contribution >= 4 is 11.8 Å². The summed E-state index contributed by atoms with van der Waals surface area (Å²) < 4.78 is 0. The summed E-state index contributed by atoms with van der Waals surface area (Å²) in [5.74, 6) is -0.336. The van der Waals surface area contributed by atoms with Crippen molar-refractivity contribution in [2.24, 2.45) is 0 Å². The molecule has 0 atom stereocenters. The van der Waals surface area contributed by atoms with Gasteiger partial charge in [0.15, 0.2) is 0 Å². The molecule has 0 bridgehead atoms. The Labute approximate surface area is 80.1 Å². The molecule has 76 valence electrons. The second-order valence-electron chi connectivity index (χ2n) is 3.58. The Morgan fingerprint density at radius 3 is 1.46 bits per heavy atom. The normalized spacial score (nSPS) is 11.2. The molecule has 0 unspecified atom stereocenters. The van der Waals surface area contributed by atoms with Gasteiger partial charge < -0.3 is 0 Å². The Balaban J connectivity index is 4.91. The van der Waals surface area contributed by atoms with Gasteiger partial charge >= 0.3 is 0 Å². The Bertz CT molecular complexity index is 193. The summed E-state index contributed by atoms with van der Waals surface area (Å²) in [5, 5.41) is 0. The lowest BCUT2D eigenvalue weighted by atomic mass is 9.93. The van der Waals surface area contributed by atoms with Gasteiger partial charge in [0, 0.05) is 19.4 Å². The molecule has 0 spiro atoms. The summed E-state index contributed by atoms with van der Waals surface area (Å²) in [7, 11) is 0. The van der Waals surface area contributed by atoms with Crippen LogP contribution in [0.25, 0.3) is 0 Å². The third-order valence-electron chi connectivity index (χ3n) is 2.69. The molecule has 0 aromatic carbocycles. The highest BCUT2D eigenvalue weighted by Crippen LogP contribution is 2.23. The van der Waals surface area contributed by atoms with Gasteiger partial charge in [-0.1, -0.05) is 13.8 Å². The van der Waals surface area contributed by atoms with Crippen LogP contribution in [0.15, 0.2) is 0 Å². The number of carbonyl (C=O) groups excluding carboxylic acids is 2. The third-order valence-corrected chi connectivity index (χ3v) is 2.69. The molecular formula is C10H19NO2. The average molecular weight is 185 g/mol. The van der Waals surface area contributed by atoms with Crippen LogP contribution in [0.3, 0.4) is 0 Å². The van der Waals surface area contributed by atoms with E-state index in [1.54, 1.807) is 0 Å². The molecule has 2 amide bonds. The van der Waals surface area contributed by atoms with Crippen molar-refractivity contribution in [1.29, 1.82) is 0 Å². The van der Waals surface area contributed by atoms with E-state index in [1.807, 2.05) is 20.8 Å². The summed E-state index contributed by atoms with van der Waals surface area (Å²) in [6.07, 6.45) is 1.59. The van der Waals surface area contributed by atoms with Crippen molar-refractivity contribution in [3.8, 4) is 0 Å². The van der Waals surface area contributed by atoms with Gasteiger partial charge in [0.05, 0.1) is 0 Å². The monoisotopic (exact) mass is 185 g/mol. The first-order chi connectivity index (χ1) is 5.89. The molecule has 0 aliphatic carbocycles. The molecule has 0 aromatic rings. The second-order valence-corrected chi connectivity index (χ2v) is 3.58. The van der Waals surface area contributed by atoms with Crippen LogP contribution in [0, 0.1) is 0 Å². The van der Waals surface area contributed by atoms with E-state index in [9.17, 15) is 9.59 Å². The molecule has 0 rings (SSSR count). The Hall–Kier alpha value is -0.860. The molecule has 0 aliphatic heterocycles. The minimum Gasteiger partial charge on any atom is -0.277 e. The van der Waals surface area contributed by atoms with Gasteiger partial charge in [0.1, 0.15) is 0 Å². The summed E-state index contributed by atoms with van der Waals surface area (Å²) in [4.78, 5) is 23.9. The van der Waals surface area contributed by atoms with Crippen LogP contribution in [-0.4, -0.2) is 22.3 Å². The van der Waals surface area contributed by atoms with E-state index in [-0.39, 0.29) is 17.4 Å². The first-order valence-electron chi connectivity index (χ1n) is 4.70. The Morgan fingerprint density at radius 1 is 1.08 bits per heavy atom. The van der Waals surface area contributed by atoms with Gasteiger partial charge in [0.2, 0.25) is 11.8 Å². The van der Waals surface area contributed by atoms with Crippen molar-refractivity contribution in [2.45, 2.75) is 53.0 Å². The van der Waals surface area contributed by atoms with E-state index in [0.29, 0.717) is 0 Å². The third kappa shape index (κ3) is 2.54. The maximum absolute atomic E-state index is 11.3. The zero-order valence-corrected chi connectivity index (χ0v) is 9.18. The number of amides is 2. The quantitative estimate of drug-likeness (QED) is 0.674. The van der Waals surface area contributed by atoms with Crippen LogP contribution < -0.4 is 0 Å². The topological polar surface area (TPSA) is 37.4 Å². The van der Waals surface area contributed by atoms with E-state index < -0.39 is 0 Å². The van der Waals surface area contributed by atoms with Gasteiger partial charge in [-0.15, -0.1) is 0 Å². The summed E-state index contributed by atoms with van der Waals surface area (Å²) in [6, 6.07) is 0. The molecule has 0 aromatic heterocycles. The van der Waals surface area contributed by atoms with E-state index in [0.717, 1.165) is 12.8 Å². The minimum atomic E-state index is -0.322. The molecule has 0 radical (unpaired) electrons. The maximum atomic E-state index is 11.3. The van der Waals surface area contributed by atoms with E-state index in [4.69, 9.17) is 0 Å². The zero-order chi connectivity index (χ0) is 10.6. The molecule has 3 heteroatoms. The predicted molar refractivity (Wildman–Crippen MR) is 52.2 cm³/mol. The van der Waals surface area contributed by atoms with Gasteiger partial charge in [-0.25, -0.2) is 0 Å². The first kappa shape index (κ1) is 12.1. The van der Waals surface area contributed by atoms with E-state index in [1.165, 1.54) is 18.7 Å². The molecule has 0 N–H and O–H groups in total. The van der Waals surface area contributed by atoms with Crippen LogP contribution in [0.5, 0.6) is 0 Å². The highest BCUT2D eigenvalue weighted by Gasteiger charge is 2.33. The molecule has 0 heterocycles. The standard InChI is InChI=1S/C10H19NO2/c1-6-10(5,7-2)11(8(3)12)9(4)13/h6-7H2,1-5H3. The van der Waals surface area contributed by atoms with Crippen LogP contribution >= 0.6 is 0 Å². The fraction of sp³-hybridized carbons (Fsp3) is 0.800. The minimum absolute atomic E-state index is 0.168. The van der Waals surface area contributed by atoms with Gasteiger partial charge in [0.25, 0.3) is 0 Å². The Morgan fingerprint density at radius 2 is 1.38 bits per heavy atom. The van der Waals surface area contributed by atoms with Crippen LogP contribution in [0.1, 0.15) is 47.5 Å². The average Bonchev–Trinajstić information content (AvgIpc) is 2.02. The lowest BCUT2D eigenvalue weighted by molar-refractivity contribution is -0.149. The maximum Gasteiger partial charge on any atom is 0.226 e. The Kier molecular flexibility index (Phi) is 4.11. The SMILES string of the molecule is CCC(C)(CC)N(C(C)=O)C(C)=O. The van der Waals surface area contributed by atoms with Gasteiger partial charge in [-0.05, 0) is 19.8 Å². The van der Waals surface area contributed by atoms with E-state index >= 15 is 0 Å². The van der Waals surface area contributed by atoms with Crippen LogP contribution in [0.2, 0.25) is 0 Å². The van der Waals surface area contributed by atoms with Crippen molar-refractivity contribution in [3.63, 3.8) is 0 Å². The summed E-state index contributed by atoms with van der Waals surface area (Å²) in [5.41, 5.74) is -0.322. The second kappa shape index (κ2) is 4.40. The molecular weight excluding hydrogens is 166 g/mol. The van der Waals surface area contributed by atoms with Crippen molar-refractivity contribution in [2.75, 3.05) is 0 Å². The van der Waals surface area contributed by atoms with Gasteiger partial charge in [-0.2, -0.15) is 0 Å². The summed E-state index contributed by atoms with van der Waals surface area (Å²) in [6.45, 7) is 8.79. The van der Waals surface area contributed by atoms with Crippen molar-refractivity contribution in [3.05, 3.63) is 0 Å². The van der Waals surface area contributed by atoms with Crippen LogP contribution in [0.4, 0.5) is 0 Å². The molecule has 0 fully saturated rings. The van der Waals surface area contributed by atoms with Crippen molar-refractivity contribution < 1.29 is 9.59 Å². The first-order valence-corrected chi connectivity index (χ1v) is 4.70. The zero-order valence-electron chi connectivity index (χ0n) is 9.18. The number of hydrogen-bond donors (Lipinski definition) is 0. The van der Waals surface area contributed by atoms with Crippen LogP contribution in [-0.2, 0) is 9.59 Å². The highest BCUT2D eigenvalue weighted by atomic mass is 16.2. The fourth-order valence-electron chi connectivity index (χ4n) is 1.55. The van der Waals surface area contributed by atoms with Gasteiger partial charge in [-0.3, -0.25) is 14.5 Å². The molecule has 13 heavy (non-hydrogen) atoms. The smallest absolute Gasteiger partial charge is 0.226 e. The lowest BCUT2D eigenvalue weighted by Gasteiger charge is -2.37. The number of nitrogens with zero attached hydrogens (tertiary/aromatic N) is 1. The highest BCUT2D eigenvalue weighted by molar-refractivity contribution is 5.93. The number of rotatable bonds is 3. The molecule has 0 saturated carbocycles. The summed E-state index contributed by atoms with van der Waals surface area (Å²) >= 11 is 0. The number of hydrogen-bond acceptors (Lipinski definition) is 2. The fourth-order valence-corrected chi connectivity index (χ4v) is 1.55. The predicted octanol–water partition coefficient (Wildman–Crippen LogP) is 1.96. The molecule has 3 nitrogen and oxygen atoms in total. The van der Waals surface area contributed by atoms with Crippen molar-refractivity contribution in [1.82, 2.24) is 4.90 Å². The van der Waals surface area contributed by atoms with E-state index in [2.05, 4.69) is 0 Å². The molecule has 0 aliphatic rings.